The summed E-state index contributed by atoms with van der Waals surface area (Å²) in [6, 6.07) is 1.84. The first-order chi connectivity index (χ1) is 5.24. The number of carbonyl (C=O) groups excluding carboxylic acids is 1. The smallest absolute Gasteiger partial charge is 0.186 e. The Balaban J connectivity index is 2.69. The van der Waals surface area contributed by atoms with Crippen LogP contribution < -0.4 is 5.32 Å². The molecule has 0 saturated carbocycles. The molecule has 11 heavy (non-hydrogen) atoms. The zero-order valence-electron chi connectivity index (χ0n) is 6.06. The van der Waals surface area contributed by atoms with Crippen molar-refractivity contribution in [1.29, 1.82) is 0 Å². The standard InChI is InChI=1S/C7H8BrNOS/c1-9-3-6(10)7-2-5(8)4-11-7/h2,4,9H,3H2,1H3. The molecule has 0 fully saturated rings. The maximum atomic E-state index is 11.2. The molecule has 0 atom stereocenters. The normalized spacial score (nSPS) is 10.0. The number of hydrogen-bond donors (Lipinski definition) is 1. The van der Waals surface area contributed by atoms with Crippen LogP contribution in [0.25, 0.3) is 0 Å². The Morgan fingerprint density at radius 2 is 2.55 bits per heavy atom. The van der Waals surface area contributed by atoms with Crippen LogP contribution >= 0.6 is 27.3 Å². The molecule has 0 saturated heterocycles. The van der Waals surface area contributed by atoms with E-state index in [0.29, 0.717) is 6.54 Å². The van der Waals surface area contributed by atoms with Crippen molar-refractivity contribution >= 4 is 33.0 Å². The van der Waals surface area contributed by atoms with Crippen LogP contribution in [0.1, 0.15) is 9.67 Å². The minimum Gasteiger partial charge on any atom is -0.313 e. The van der Waals surface area contributed by atoms with Crippen LogP contribution in [-0.2, 0) is 0 Å². The summed E-state index contributed by atoms with van der Waals surface area (Å²) in [5.74, 6) is 0.142. The molecule has 2 nitrogen and oxygen atoms in total. The Morgan fingerprint density at radius 3 is 3.00 bits per heavy atom. The van der Waals surface area contributed by atoms with Crippen molar-refractivity contribution in [3.05, 3.63) is 20.8 Å². The molecule has 0 spiro atoms. The highest BCUT2D eigenvalue weighted by Crippen LogP contribution is 2.19. The van der Waals surface area contributed by atoms with E-state index in [1.165, 1.54) is 11.3 Å². The van der Waals surface area contributed by atoms with Gasteiger partial charge in [0, 0.05) is 9.85 Å². The molecule has 0 aliphatic heterocycles. The van der Waals surface area contributed by atoms with Gasteiger partial charge in [-0.1, -0.05) is 0 Å². The fourth-order valence-corrected chi connectivity index (χ4v) is 2.07. The summed E-state index contributed by atoms with van der Waals surface area (Å²) in [6.45, 7) is 0.410. The summed E-state index contributed by atoms with van der Waals surface area (Å²) in [4.78, 5) is 12.0. The predicted octanol–water partition coefficient (Wildman–Crippen LogP) is 1.91. The second-order valence-corrected chi connectivity index (χ2v) is 3.91. The average Bonchev–Trinajstić information content (AvgIpc) is 2.36. The molecule has 0 bridgehead atoms. The van der Waals surface area contributed by atoms with Gasteiger partial charge >= 0.3 is 0 Å². The Morgan fingerprint density at radius 1 is 1.82 bits per heavy atom. The van der Waals surface area contributed by atoms with E-state index in [-0.39, 0.29) is 5.78 Å². The van der Waals surface area contributed by atoms with Crippen molar-refractivity contribution in [3.63, 3.8) is 0 Å². The van der Waals surface area contributed by atoms with E-state index in [2.05, 4.69) is 21.2 Å². The Kier molecular flexibility index (Phi) is 3.23. The van der Waals surface area contributed by atoms with Gasteiger partial charge in [0.1, 0.15) is 0 Å². The van der Waals surface area contributed by atoms with Crippen LogP contribution in [0.3, 0.4) is 0 Å². The van der Waals surface area contributed by atoms with Crippen LogP contribution in [0.5, 0.6) is 0 Å². The van der Waals surface area contributed by atoms with E-state index >= 15 is 0 Å². The summed E-state index contributed by atoms with van der Waals surface area (Å²) in [7, 11) is 1.76. The molecule has 1 heterocycles. The van der Waals surface area contributed by atoms with Crippen LogP contribution in [-0.4, -0.2) is 19.4 Å². The topological polar surface area (TPSA) is 29.1 Å². The number of Topliss-reactive ketones (excluding diaryl/α,β-unsaturated/α-hetero) is 1. The van der Waals surface area contributed by atoms with Crippen molar-refractivity contribution in [1.82, 2.24) is 5.32 Å². The van der Waals surface area contributed by atoms with E-state index < -0.39 is 0 Å². The Bertz CT molecular complexity index is 259. The molecular formula is C7H8BrNOS. The molecule has 0 amide bonds. The number of carbonyl (C=O) groups is 1. The zero-order chi connectivity index (χ0) is 8.27. The number of ketones is 1. The molecule has 0 aromatic carbocycles. The maximum absolute atomic E-state index is 11.2. The summed E-state index contributed by atoms with van der Waals surface area (Å²) in [6.07, 6.45) is 0. The highest BCUT2D eigenvalue weighted by molar-refractivity contribution is 9.10. The third-order valence-electron chi connectivity index (χ3n) is 1.18. The van der Waals surface area contributed by atoms with Crippen LogP contribution in [0.4, 0.5) is 0 Å². The molecule has 4 heteroatoms. The molecule has 1 N–H and O–H groups in total. The van der Waals surface area contributed by atoms with Crippen LogP contribution in [0, 0.1) is 0 Å². The van der Waals surface area contributed by atoms with Crippen molar-refractivity contribution < 1.29 is 4.79 Å². The molecule has 0 aliphatic rings. The number of halogens is 1. The largest absolute Gasteiger partial charge is 0.313 e. The van der Waals surface area contributed by atoms with E-state index in [0.717, 1.165) is 9.35 Å². The van der Waals surface area contributed by atoms with Crippen molar-refractivity contribution in [2.75, 3.05) is 13.6 Å². The monoisotopic (exact) mass is 233 g/mol. The lowest BCUT2D eigenvalue weighted by molar-refractivity contribution is 0.0997. The van der Waals surface area contributed by atoms with Gasteiger partial charge in [-0.2, -0.15) is 0 Å². The predicted molar refractivity (Wildman–Crippen MR) is 50.3 cm³/mol. The van der Waals surface area contributed by atoms with Crippen molar-refractivity contribution in [3.8, 4) is 0 Å². The van der Waals surface area contributed by atoms with Crippen molar-refractivity contribution in [2.45, 2.75) is 0 Å². The first-order valence-corrected chi connectivity index (χ1v) is 4.83. The van der Waals surface area contributed by atoms with Gasteiger partial charge in [-0.05, 0) is 29.0 Å². The number of likely N-dealkylation sites (N-methyl/N-ethyl adjacent to an activating group) is 1. The highest BCUT2D eigenvalue weighted by atomic mass is 79.9. The first-order valence-electron chi connectivity index (χ1n) is 3.16. The second-order valence-electron chi connectivity index (χ2n) is 2.08. The fraction of sp³-hybridized carbons (Fsp3) is 0.286. The van der Waals surface area contributed by atoms with E-state index in [1.807, 2.05) is 11.4 Å². The Hall–Kier alpha value is -0.190. The summed E-state index contributed by atoms with van der Waals surface area (Å²) in [5.41, 5.74) is 0. The summed E-state index contributed by atoms with van der Waals surface area (Å²) >= 11 is 4.75. The number of thiophene rings is 1. The SMILES string of the molecule is CNCC(=O)c1cc(Br)cs1. The minimum absolute atomic E-state index is 0.142. The number of rotatable bonds is 3. The molecular weight excluding hydrogens is 226 g/mol. The average molecular weight is 234 g/mol. The maximum Gasteiger partial charge on any atom is 0.186 e. The highest BCUT2D eigenvalue weighted by Gasteiger charge is 2.05. The van der Waals surface area contributed by atoms with Gasteiger partial charge < -0.3 is 5.32 Å². The second kappa shape index (κ2) is 3.99. The van der Waals surface area contributed by atoms with E-state index in [1.54, 1.807) is 7.05 Å². The van der Waals surface area contributed by atoms with Gasteiger partial charge in [0.25, 0.3) is 0 Å². The molecule has 0 radical (unpaired) electrons. The number of hydrogen-bond acceptors (Lipinski definition) is 3. The molecule has 0 unspecified atom stereocenters. The lowest BCUT2D eigenvalue weighted by Crippen LogP contribution is -2.17. The third-order valence-corrected chi connectivity index (χ3v) is 2.91. The van der Waals surface area contributed by atoms with Gasteiger partial charge in [-0.3, -0.25) is 4.79 Å². The number of nitrogens with one attached hydrogen (secondary N) is 1. The molecule has 0 aliphatic carbocycles. The molecule has 1 rings (SSSR count). The first kappa shape index (κ1) is 8.90. The van der Waals surface area contributed by atoms with Crippen molar-refractivity contribution in [2.24, 2.45) is 0 Å². The summed E-state index contributed by atoms with van der Waals surface area (Å²) < 4.78 is 0.974. The van der Waals surface area contributed by atoms with Gasteiger partial charge in [0.05, 0.1) is 11.4 Å². The van der Waals surface area contributed by atoms with Gasteiger partial charge in [0.15, 0.2) is 5.78 Å². The lowest BCUT2D eigenvalue weighted by atomic mass is 10.3. The van der Waals surface area contributed by atoms with Gasteiger partial charge in [-0.15, -0.1) is 11.3 Å². The lowest BCUT2D eigenvalue weighted by Gasteiger charge is -1.93. The van der Waals surface area contributed by atoms with Crippen LogP contribution in [0.2, 0.25) is 0 Å². The fourth-order valence-electron chi connectivity index (χ4n) is 0.707. The van der Waals surface area contributed by atoms with Gasteiger partial charge in [0.2, 0.25) is 0 Å². The summed E-state index contributed by atoms with van der Waals surface area (Å²) in [5, 5.41) is 4.72. The molecule has 1 aromatic heterocycles. The van der Waals surface area contributed by atoms with Gasteiger partial charge in [-0.25, -0.2) is 0 Å². The van der Waals surface area contributed by atoms with Crippen LogP contribution in [0.15, 0.2) is 15.9 Å². The van der Waals surface area contributed by atoms with E-state index in [4.69, 9.17) is 0 Å². The minimum atomic E-state index is 0.142. The van der Waals surface area contributed by atoms with E-state index in [9.17, 15) is 4.79 Å². The zero-order valence-corrected chi connectivity index (χ0v) is 8.46. The Labute approximate surface area is 77.7 Å². The molecule has 1 aromatic rings. The third kappa shape index (κ3) is 2.39. The molecule has 60 valence electrons. The quantitative estimate of drug-likeness (QED) is 0.809.